The number of halogens is 3. The van der Waals surface area contributed by atoms with Gasteiger partial charge < -0.3 is 9.84 Å². The van der Waals surface area contributed by atoms with Crippen LogP contribution in [0.1, 0.15) is 11.1 Å². The number of carbonyl (C=O) groups is 1. The van der Waals surface area contributed by atoms with Crippen LogP contribution in [-0.2, 0) is 17.4 Å². The minimum absolute atomic E-state index is 0.0183. The van der Waals surface area contributed by atoms with Gasteiger partial charge in [0.15, 0.2) is 5.82 Å². The molecule has 22 heavy (non-hydrogen) atoms. The van der Waals surface area contributed by atoms with E-state index in [1.807, 2.05) is 0 Å². The normalized spacial score (nSPS) is 11.3. The summed E-state index contributed by atoms with van der Waals surface area (Å²) in [4.78, 5) is 18.6. The third kappa shape index (κ3) is 3.51. The van der Waals surface area contributed by atoms with Crippen LogP contribution in [0.15, 0.2) is 30.5 Å². The zero-order valence-electron chi connectivity index (χ0n) is 11.4. The molecule has 2 rings (SSSR count). The van der Waals surface area contributed by atoms with E-state index in [-0.39, 0.29) is 29.3 Å². The van der Waals surface area contributed by atoms with E-state index in [1.54, 1.807) is 0 Å². The van der Waals surface area contributed by atoms with Gasteiger partial charge in [-0.3, -0.25) is 4.79 Å². The molecule has 0 spiro atoms. The second-order valence-electron chi connectivity index (χ2n) is 4.38. The lowest BCUT2D eigenvalue weighted by Crippen LogP contribution is -2.07. The molecule has 0 aliphatic carbocycles. The highest BCUT2D eigenvalue weighted by atomic mass is 19.4. The second kappa shape index (κ2) is 6.00. The highest BCUT2D eigenvalue weighted by Gasteiger charge is 2.30. The molecule has 0 saturated heterocycles. The largest absolute Gasteiger partial charge is 0.481 e. The zero-order chi connectivity index (χ0) is 16.3. The Kier molecular flexibility index (Phi) is 4.30. The third-order valence-corrected chi connectivity index (χ3v) is 2.81. The van der Waals surface area contributed by atoms with E-state index in [0.717, 1.165) is 12.1 Å². The second-order valence-corrected chi connectivity index (χ2v) is 4.38. The standard InChI is InChI=1S/C14H11F3N2O3/c1-22-13-9(6-11(20)21)7-18-12(19-13)8-3-2-4-10(5-8)14(15,16)17/h2-5,7H,6H2,1H3,(H,20,21). The molecule has 1 aromatic carbocycles. The van der Waals surface area contributed by atoms with Crippen LogP contribution in [0.3, 0.4) is 0 Å². The maximum absolute atomic E-state index is 12.7. The van der Waals surface area contributed by atoms with Crippen LogP contribution >= 0.6 is 0 Å². The highest BCUT2D eigenvalue weighted by Crippen LogP contribution is 2.31. The first-order chi connectivity index (χ1) is 10.3. The topological polar surface area (TPSA) is 72.3 Å². The molecule has 0 radical (unpaired) electrons. The van der Waals surface area contributed by atoms with Crippen molar-refractivity contribution in [3.63, 3.8) is 0 Å². The maximum atomic E-state index is 12.7. The Morgan fingerprint density at radius 3 is 2.68 bits per heavy atom. The average molecular weight is 312 g/mol. The van der Waals surface area contributed by atoms with E-state index >= 15 is 0 Å². The number of aliphatic carboxylic acids is 1. The van der Waals surface area contributed by atoms with Crippen LogP contribution in [0.2, 0.25) is 0 Å². The Morgan fingerprint density at radius 1 is 1.36 bits per heavy atom. The van der Waals surface area contributed by atoms with E-state index in [0.29, 0.717) is 0 Å². The SMILES string of the molecule is COc1nc(-c2cccc(C(F)(F)F)c2)ncc1CC(=O)O. The van der Waals surface area contributed by atoms with Crippen molar-refractivity contribution in [2.75, 3.05) is 7.11 Å². The number of carboxylic acid groups (broad SMARTS) is 1. The van der Waals surface area contributed by atoms with E-state index in [4.69, 9.17) is 9.84 Å². The molecule has 116 valence electrons. The predicted octanol–water partition coefficient (Wildman–Crippen LogP) is 2.80. The van der Waals surface area contributed by atoms with Crippen LogP contribution in [0, 0.1) is 0 Å². The van der Waals surface area contributed by atoms with Crippen molar-refractivity contribution < 1.29 is 27.8 Å². The first kappa shape index (κ1) is 15.7. The fourth-order valence-corrected chi connectivity index (χ4v) is 1.83. The summed E-state index contributed by atoms with van der Waals surface area (Å²) < 4.78 is 43.1. The Morgan fingerprint density at radius 2 is 2.09 bits per heavy atom. The summed E-state index contributed by atoms with van der Waals surface area (Å²) in [6.07, 6.45) is -3.58. The number of hydrogen-bond acceptors (Lipinski definition) is 4. The summed E-state index contributed by atoms with van der Waals surface area (Å²) in [5.41, 5.74) is -0.414. The van der Waals surface area contributed by atoms with Gasteiger partial charge in [-0.25, -0.2) is 4.98 Å². The van der Waals surface area contributed by atoms with Gasteiger partial charge in [-0.15, -0.1) is 0 Å². The molecule has 0 fully saturated rings. The number of carboxylic acids is 1. The lowest BCUT2D eigenvalue weighted by Gasteiger charge is -2.10. The first-order valence-electron chi connectivity index (χ1n) is 6.10. The monoisotopic (exact) mass is 312 g/mol. The van der Waals surface area contributed by atoms with Crippen LogP contribution in [0.25, 0.3) is 11.4 Å². The van der Waals surface area contributed by atoms with Gasteiger partial charge in [-0.1, -0.05) is 12.1 Å². The van der Waals surface area contributed by atoms with Crippen molar-refractivity contribution in [2.45, 2.75) is 12.6 Å². The number of methoxy groups -OCH3 is 1. The highest BCUT2D eigenvalue weighted by molar-refractivity contribution is 5.71. The number of hydrogen-bond donors (Lipinski definition) is 1. The van der Waals surface area contributed by atoms with Crippen LogP contribution in [0.5, 0.6) is 5.88 Å². The van der Waals surface area contributed by atoms with Gasteiger partial charge in [0.25, 0.3) is 0 Å². The molecule has 0 aliphatic rings. The van der Waals surface area contributed by atoms with Gasteiger partial charge in [0, 0.05) is 17.3 Å². The lowest BCUT2D eigenvalue weighted by molar-refractivity contribution is -0.138. The Bertz CT molecular complexity index is 702. The summed E-state index contributed by atoms with van der Waals surface area (Å²) in [6.45, 7) is 0. The Labute approximate surface area is 123 Å². The third-order valence-electron chi connectivity index (χ3n) is 2.81. The smallest absolute Gasteiger partial charge is 0.416 e. The van der Waals surface area contributed by atoms with Gasteiger partial charge >= 0.3 is 12.1 Å². The van der Waals surface area contributed by atoms with Crippen molar-refractivity contribution >= 4 is 5.97 Å². The average Bonchev–Trinajstić information content (AvgIpc) is 2.46. The summed E-state index contributed by atoms with van der Waals surface area (Å²) >= 11 is 0. The summed E-state index contributed by atoms with van der Waals surface area (Å²) in [5.74, 6) is -1.05. The molecule has 5 nitrogen and oxygen atoms in total. The van der Waals surface area contributed by atoms with Gasteiger partial charge in [-0.2, -0.15) is 18.2 Å². The van der Waals surface area contributed by atoms with Gasteiger partial charge in [0.2, 0.25) is 5.88 Å². The van der Waals surface area contributed by atoms with Crippen molar-refractivity contribution in [1.29, 1.82) is 0 Å². The number of aromatic nitrogens is 2. The van der Waals surface area contributed by atoms with Crippen molar-refractivity contribution in [2.24, 2.45) is 0 Å². The molecular weight excluding hydrogens is 301 g/mol. The quantitative estimate of drug-likeness (QED) is 0.940. The molecule has 0 aliphatic heterocycles. The Balaban J connectivity index is 2.43. The molecule has 0 amide bonds. The van der Waals surface area contributed by atoms with Gasteiger partial charge in [0.05, 0.1) is 19.1 Å². The lowest BCUT2D eigenvalue weighted by atomic mass is 10.1. The maximum Gasteiger partial charge on any atom is 0.416 e. The van der Waals surface area contributed by atoms with E-state index in [9.17, 15) is 18.0 Å². The number of nitrogens with zero attached hydrogens (tertiary/aromatic N) is 2. The van der Waals surface area contributed by atoms with Crippen LogP contribution < -0.4 is 4.74 Å². The van der Waals surface area contributed by atoms with Gasteiger partial charge in [-0.05, 0) is 12.1 Å². The molecule has 1 heterocycles. The van der Waals surface area contributed by atoms with Crippen molar-refractivity contribution in [1.82, 2.24) is 9.97 Å². The molecule has 1 aromatic heterocycles. The molecule has 2 aromatic rings. The van der Waals surface area contributed by atoms with Crippen molar-refractivity contribution in [3.05, 3.63) is 41.6 Å². The summed E-state index contributed by atoms with van der Waals surface area (Å²) in [6, 6.07) is 4.55. The molecule has 1 N–H and O–H groups in total. The summed E-state index contributed by atoms with van der Waals surface area (Å²) in [5, 5.41) is 8.76. The first-order valence-corrected chi connectivity index (χ1v) is 6.10. The molecular formula is C14H11F3N2O3. The Hall–Kier alpha value is -2.64. The van der Waals surface area contributed by atoms with E-state index in [1.165, 1.54) is 25.4 Å². The van der Waals surface area contributed by atoms with Crippen LogP contribution in [0.4, 0.5) is 13.2 Å². The number of ether oxygens (including phenoxy) is 1. The zero-order valence-corrected chi connectivity index (χ0v) is 11.4. The minimum Gasteiger partial charge on any atom is -0.481 e. The minimum atomic E-state index is -4.47. The van der Waals surface area contributed by atoms with Crippen molar-refractivity contribution in [3.8, 4) is 17.3 Å². The number of benzene rings is 1. The molecule has 0 atom stereocenters. The molecule has 0 unspecified atom stereocenters. The fourth-order valence-electron chi connectivity index (χ4n) is 1.83. The van der Waals surface area contributed by atoms with E-state index < -0.39 is 17.7 Å². The van der Waals surface area contributed by atoms with Crippen LogP contribution in [-0.4, -0.2) is 28.2 Å². The molecule has 0 bridgehead atoms. The predicted molar refractivity (Wildman–Crippen MR) is 70.4 cm³/mol. The molecule has 0 saturated carbocycles. The van der Waals surface area contributed by atoms with Gasteiger partial charge in [0.1, 0.15) is 0 Å². The number of alkyl halides is 3. The number of rotatable bonds is 4. The fraction of sp³-hybridized carbons (Fsp3) is 0.214. The summed E-state index contributed by atoms with van der Waals surface area (Å²) in [7, 11) is 1.30. The van der Waals surface area contributed by atoms with E-state index in [2.05, 4.69) is 9.97 Å². The molecule has 8 heteroatoms.